The van der Waals surface area contributed by atoms with Crippen LogP contribution in [0.2, 0.25) is 0 Å². The van der Waals surface area contributed by atoms with Gasteiger partial charge in [0.2, 0.25) is 0 Å². The van der Waals surface area contributed by atoms with Crippen LogP contribution < -0.4 is 0 Å². The summed E-state index contributed by atoms with van der Waals surface area (Å²) >= 11 is 1.42. The largest absolute Gasteiger partial charge is 0.465 e. The molecule has 0 heterocycles. The van der Waals surface area contributed by atoms with Gasteiger partial charge in [0.25, 0.3) is 0 Å². The number of esters is 1. The van der Waals surface area contributed by atoms with Crippen molar-refractivity contribution in [2.24, 2.45) is 0 Å². The van der Waals surface area contributed by atoms with E-state index in [1.54, 1.807) is 6.92 Å². The normalized spacial score (nSPS) is 10.6. The number of nitriles is 2. The van der Waals surface area contributed by atoms with Crippen LogP contribution in [0.15, 0.2) is 53.4 Å². The third kappa shape index (κ3) is 3.22. The molecular weight excluding hydrogens is 344 g/mol. The van der Waals surface area contributed by atoms with Gasteiger partial charge in [-0.1, -0.05) is 48.5 Å². The predicted octanol–water partition coefficient (Wildman–Crippen LogP) is 4.78. The number of benzene rings is 3. The standard InChI is InChI=1S/C21H16N2O2S/c1-2-25-19(24)13-26-21-17-9-5-3-7-15(17)20(14(11-22)12-23)16-8-4-6-10-18(16)21/h3-10,14H,2,13H2,1H3. The number of carbonyl (C=O) groups is 1. The number of hydrogen-bond acceptors (Lipinski definition) is 5. The van der Waals surface area contributed by atoms with Gasteiger partial charge in [-0.05, 0) is 34.0 Å². The molecule has 0 radical (unpaired) electrons. The summed E-state index contributed by atoms with van der Waals surface area (Å²) in [6.07, 6.45) is 0. The van der Waals surface area contributed by atoms with E-state index in [-0.39, 0.29) is 11.7 Å². The molecule has 26 heavy (non-hydrogen) atoms. The lowest BCUT2D eigenvalue weighted by Crippen LogP contribution is -2.06. The minimum atomic E-state index is -0.853. The summed E-state index contributed by atoms with van der Waals surface area (Å²) in [6, 6.07) is 19.6. The summed E-state index contributed by atoms with van der Waals surface area (Å²) in [7, 11) is 0. The van der Waals surface area contributed by atoms with E-state index in [0.29, 0.717) is 6.61 Å². The first kappa shape index (κ1) is 17.8. The Balaban J connectivity index is 2.28. The average Bonchev–Trinajstić information content (AvgIpc) is 2.68. The molecule has 0 aliphatic heterocycles. The van der Waals surface area contributed by atoms with E-state index in [9.17, 15) is 15.3 Å². The fraction of sp³-hybridized carbons (Fsp3) is 0.190. The van der Waals surface area contributed by atoms with Crippen LogP contribution in [0.4, 0.5) is 0 Å². The lowest BCUT2D eigenvalue weighted by molar-refractivity contribution is -0.139. The minimum Gasteiger partial charge on any atom is -0.465 e. The Labute approximate surface area is 156 Å². The van der Waals surface area contributed by atoms with Crippen molar-refractivity contribution in [3.63, 3.8) is 0 Å². The van der Waals surface area contributed by atoms with E-state index in [1.807, 2.05) is 48.5 Å². The Hall–Kier alpha value is -3.02. The molecule has 0 amide bonds. The van der Waals surface area contributed by atoms with Crippen molar-refractivity contribution in [1.29, 1.82) is 10.5 Å². The van der Waals surface area contributed by atoms with Gasteiger partial charge in [0.1, 0.15) is 0 Å². The van der Waals surface area contributed by atoms with E-state index in [4.69, 9.17) is 4.74 Å². The first-order chi connectivity index (χ1) is 12.7. The van der Waals surface area contributed by atoms with Gasteiger partial charge >= 0.3 is 5.97 Å². The van der Waals surface area contributed by atoms with Crippen molar-refractivity contribution in [2.45, 2.75) is 17.7 Å². The second-order valence-corrected chi connectivity index (χ2v) is 6.60. The number of fused-ring (bicyclic) bond motifs is 2. The fourth-order valence-electron chi connectivity index (χ4n) is 3.08. The van der Waals surface area contributed by atoms with Gasteiger partial charge < -0.3 is 4.74 Å². The van der Waals surface area contributed by atoms with Crippen LogP contribution in [0.1, 0.15) is 18.4 Å². The molecule has 0 spiro atoms. The van der Waals surface area contributed by atoms with Crippen molar-refractivity contribution in [3.8, 4) is 12.1 Å². The zero-order valence-electron chi connectivity index (χ0n) is 14.2. The SMILES string of the molecule is CCOC(=O)CSc1c2ccccc2c(C(C#N)C#N)c2ccccc12. The molecule has 0 saturated heterocycles. The van der Waals surface area contributed by atoms with Crippen molar-refractivity contribution in [1.82, 2.24) is 0 Å². The van der Waals surface area contributed by atoms with Gasteiger partial charge in [-0.15, -0.1) is 11.8 Å². The molecule has 3 aromatic carbocycles. The first-order valence-corrected chi connectivity index (χ1v) is 9.20. The van der Waals surface area contributed by atoms with Crippen LogP contribution in [-0.4, -0.2) is 18.3 Å². The highest BCUT2D eigenvalue weighted by Gasteiger charge is 2.20. The van der Waals surface area contributed by atoms with Gasteiger partial charge in [0, 0.05) is 4.90 Å². The van der Waals surface area contributed by atoms with Gasteiger partial charge in [-0.3, -0.25) is 4.79 Å². The molecule has 0 bridgehead atoms. The number of carbonyl (C=O) groups excluding carboxylic acids is 1. The van der Waals surface area contributed by atoms with Crippen molar-refractivity contribution in [3.05, 3.63) is 54.1 Å². The minimum absolute atomic E-state index is 0.209. The second-order valence-electron chi connectivity index (χ2n) is 5.62. The summed E-state index contributed by atoms with van der Waals surface area (Å²) in [4.78, 5) is 12.8. The molecule has 0 aromatic heterocycles. The zero-order valence-corrected chi connectivity index (χ0v) is 15.0. The number of hydrogen-bond donors (Lipinski definition) is 0. The highest BCUT2D eigenvalue weighted by atomic mass is 32.2. The number of thioether (sulfide) groups is 1. The van der Waals surface area contributed by atoms with E-state index >= 15 is 0 Å². The molecule has 0 N–H and O–H groups in total. The molecule has 3 aromatic rings. The lowest BCUT2D eigenvalue weighted by atomic mass is 9.89. The first-order valence-electron chi connectivity index (χ1n) is 8.22. The smallest absolute Gasteiger partial charge is 0.316 e. The third-order valence-electron chi connectivity index (χ3n) is 4.11. The predicted molar refractivity (Wildman–Crippen MR) is 103 cm³/mol. The number of ether oxygens (including phenoxy) is 1. The van der Waals surface area contributed by atoms with Crippen molar-refractivity contribution >= 4 is 39.3 Å². The molecule has 5 heteroatoms. The van der Waals surface area contributed by atoms with Crippen LogP contribution in [-0.2, 0) is 9.53 Å². The van der Waals surface area contributed by atoms with Crippen molar-refractivity contribution in [2.75, 3.05) is 12.4 Å². The average molecular weight is 360 g/mol. The van der Waals surface area contributed by atoms with Gasteiger partial charge in [0.15, 0.2) is 5.92 Å². The van der Waals surface area contributed by atoms with Crippen LogP contribution in [0.25, 0.3) is 21.5 Å². The summed E-state index contributed by atoms with van der Waals surface area (Å²) in [5.41, 5.74) is 0.724. The van der Waals surface area contributed by atoms with E-state index < -0.39 is 5.92 Å². The molecule has 0 fully saturated rings. The summed E-state index contributed by atoms with van der Waals surface area (Å²) in [5.74, 6) is -0.906. The van der Waals surface area contributed by atoms with Crippen LogP contribution in [0.3, 0.4) is 0 Å². The molecule has 128 valence electrons. The molecule has 4 nitrogen and oxygen atoms in total. The van der Waals surface area contributed by atoms with Crippen LogP contribution >= 0.6 is 11.8 Å². The summed E-state index contributed by atoms with van der Waals surface area (Å²) in [6.45, 7) is 2.14. The molecule has 0 aliphatic rings. The highest BCUT2D eigenvalue weighted by molar-refractivity contribution is 8.00. The Morgan fingerprint density at radius 2 is 1.50 bits per heavy atom. The second kappa shape index (κ2) is 7.91. The highest BCUT2D eigenvalue weighted by Crippen LogP contribution is 2.41. The Morgan fingerprint density at radius 3 is 1.96 bits per heavy atom. The Morgan fingerprint density at radius 1 is 1.00 bits per heavy atom. The molecule has 0 aliphatic carbocycles. The van der Waals surface area contributed by atoms with Gasteiger partial charge in [0.05, 0.1) is 24.5 Å². The summed E-state index contributed by atoms with van der Waals surface area (Å²) in [5, 5.41) is 22.5. The molecule has 0 saturated carbocycles. The fourth-order valence-corrected chi connectivity index (χ4v) is 4.09. The van der Waals surface area contributed by atoms with E-state index in [1.165, 1.54) is 11.8 Å². The molecular formula is C21H16N2O2S. The third-order valence-corrected chi connectivity index (χ3v) is 5.22. The molecule has 3 rings (SSSR count). The maximum absolute atomic E-state index is 11.8. The van der Waals surface area contributed by atoms with E-state index in [0.717, 1.165) is 32.0 Å². The monoisotopic (exact) mass is 360 g/mol. The maximum Gasteiger partial charge on any atom is 0.316 e. The Bertz CT molecular complexity index is 992. The number of nitrogens with zero attached hydrogens (tertiary/aromatic N) is 2. The van der Waals surface area contributed by atoms with Crippen LogP contribution in [0.5, 0.6) is 0 Å². The van der Waals surface area contributed by atoms with Gasteiger partial charge in [-0.2, -0.15) is 10.5 Å². The Kier molecular flexibility index (Phi) is 5.41. The van der Waals surface area contributed by atoms with Gasteiger partial charge in [-0.25, -0.2) is 0 Å². The molecule has 0 unspecified atom stereocenters. The topological polar surface area (TPSA) is 73.9 Å². The lowest BCUT2D eigenvalue weighted by Gasteiger charge is -2.16. The van der Waals surface area contributed by atoms with Crippen molar-refractivity contribution < 1.29 is 9.53 Å². The molecule has 0 atom stereocenters. The van der Waals surface area contributed by atoms with Crippen LogP contribution in [0, 0.1) is 22.7 Å². The van der Waals surface area contributed by atoms with E-state index in [2.05, 4.69) is 12.1 Å². The zero-order chi connectivity index (χ0) is 18.5. The quantitative estimate of drug-likeness (QED) is 0.372. The summed E-state index contributed by atoms with van der Waals surface area (Å²) < 4.78 is 5.04. The number of rotatable bonds is 5. The maximum atomic E-state index is 11.8.